The predicted molar refractivity (Wildman–Crippen MR) is 49.2 cm³/mol. The molecule has 13 heavy (non-hydrogen) atoms. The molecule has 6 heteroatoms. The maximum atomic E-state index is 11.1. The maximum Gasteiger partial charge on any atom is 0.152 e. The summed E-state index contributed by atoms with van der Waals surface area (Å²) >= 11 is 0. The van der Waals surface area contributed by atoms with Crippen LogP contribution in [-0.4, -0.2) is 46.0 Å². The molecule has 0 rings (SSSR count). The van der Waals surface area contributed by atoms with Gasteiger partial charge in [0.2, 0.25) is 0 Å². The van der Waals surface area contributed by atoms with Crippen molar-refractivity contribution in [3.8, 4) is 0 Å². The molecule has 0 aliphatic rings. The number of carbonyl (C=O) groups is 1. The molecular weight excluding hydrogens is 194 g/mol. The van der Waals surface area contributed by atoms with Crippen LogP contribution in [0.3, 0.4) is 0 Å². The minimum atomic E-state index is -3.08. The first-order valence-corrected chi connectivity index (χ1v) is 5.88. The van der Waals surface area contributed by atoms with Crippen LogP contribution in [0.5, 0.6) is 0 Å². The molecule has 0 aliphatic heterocycles. The molecule has 78 valence electrons. The number of Topliss-reactive ketones (excluding diaryl/α,β-unsaturated/α-hetero) is 1. The molecule has 1 unspecified atom stereocenters. The zero-order chi connectivity index (χ0) is 10.5. The quantitative estimate of drug-likeness (QED) is 0.604. The van der Waals surface area contributed by atoms with Crippen molar-refractivity contribution in [2.45, 2.75) is 12.5 Å². The van der Waals surface area contributed by atoms with Crippen molar-refractivity contribution in [3.05, 3.63) is 0 Å². The van der Waals surface area contributed by atoms with Crippen LogP contribution < -0.4 is 5.73 Å². The smallest absolute Gasteiger partial charge is 0.152 e. The third kappa shape index (κ3) is 6.68. The van der Waals surface area contributed by atoms with Gasteiger partial charge < -0.3 is 10.5 Å². The Balaban J connectivity index is 3.88. The van der Waals surface area contributed by atoms with Gasteiger partial charge in [0.15, 0.2) is 5.78 Å². The maximum absolute atomic E-state index is 11.1. The summed E-state index contributed by atoms with van der Waals surface area (Å²) in [5, 5.41) is 0. The Morgan fingerprint density at radius 2 is 2.08 bits per heavy atom. The normalized spacial score (nSPS) is 14.1. The van der Waals surface area contributed by atoms with Gasteiger partial charge in [0.05, 0.1) is 18.4 Å². The standard InChI is InChI=1S/C7H15NO4S/c1-12-5-6(8)7(9)3-4-13(2,10)11/h6H,3-5,8H2,1-2H3. The molecule has 0 aromatic carbocycles. The van der Waals surface area contributed by atoms with Gasteiger partial charge >= 0.3 is 0 Å². The Bertz CT molecular complexity index is 260. The molecule has 0 bridgehead atoms. The van der Waals surface area contributed by atoms with Crippen molar-refractivity contribution in [2.24, 2.45) is 5.73 Å². The highest BCUT2D eigenvalue weighted by Crippen LogP contribution is 1.94. The molecule has 0 aromatic heterocycles. The highest BCUT2D eigenvalue weighted by Gasteiger charge is 2.15. The Labute approximate surface area is 78.2 Å². The minimum Gasteiger partial charge on any atom is -0.383 e. The first-order chi connectivity index (χ1) is 5.87. The van der Waals surface area contributed by atoms with Gasteiger partial charge in [0, 0.05) is 19.8 Å². The van der Waals surface area contributed by atoms with Crippen LogP contribution in [0.4, 0.5) is 0 Å². The molecule has 0 radical (unpaired) electrons. The largest absolute Gasteiger partial charge is 0.383 e. The molecule has 0 heterocycles. The highest BCUT2D eigenvalue weighted by atomic mass is 32.2. The molecule has 0 amide bonds. The fourth-order valence-corrected chi connectivity index (χ4v) is 1.32. The second-order valence-corrected chi connectivity index (χ2v) is 5.17. The SMILES string of the molecule is COCC(N)C(=O)CCS(C)(=O)=O. The molecule has 2 N–H and O–H groups in total. The Kier molecular flexibility index (Phi) is 5.12. The summed E-state index contributed by atoms with van der Waals surface area (Å²) < 4.78 is 26.0. The number of sulfone groups is 1. The van der Waals surface area contributed by atoms with Gasteiger partial charge in [0.1, 0.15) is 9.84 Å². The van der Waals surface area contributed by atoms with Crippen molar-refractivity contribution < 1.29 is 17.9 Å². The first kappa shape index (κ1) is 12.5. The van der Waals surface area contributed by atoms with Crippen molar-refractivity contribution in [3.63, 3.8) is 0 Å². The van der Waals surface area contributed by atoms with Crippen molar-refractivity contribution in [2.75, 3.05) is 25.7 Å². The van der Waals surface area contributed by atoms with Gasteiger partial charge in [0.25, 0.3) is 0 Å². The number of hydrogen-bond acceptors (Lipinski definition) is 5. The van der Waals surface area contributed by atoms with Gasteiger partial charge in [-0.25, -0.2) is 8.42 Å². The van der Waals surface area contributed by atoms with E-state index < -0.39 is 15.9 Å². The van der Waals surface area contributed by atoms with E-state index in [1.165, 1.54) is 7.11 Å². The van der Waals surface area contributed by atoms with Crippen molar-refractivity contribution in [1.82, 2.24) is 0 Å². The zero-order valence-corrected chi connectivity index (χ0v) is 8.63. The number of methoxy groups -OCH3 is 1. The van der Waals surface area contributed by atoms with E-state index in [4.69, 9.17) is 5.73 Å². The van der Waals surface area contributed by atoms with Gasteiger partial charge in [-0.3, -0.25) is 4.79 Å². The summed E-state index contributed by atoms with van der Waals surface area (Å²) in [7, 11) is -1.65. The summed E-state index contributed by atoms with van der Waals surface area (Å²) in [6.07, 6.45) is 1.05. The lowest BCUT2D eigenvalue weighted by molar-refractivity contribution is -0.121. The number of ether oxygens (including phenoxy) is 1. The second kappa shape index (κ2) is 5.31. The van der Waals surface area contributed by atoms with E-state index in [0.29, 0.717) is 0 Å². The van der Waals surface area contributed by atoms with Crippen LogP contribution in [0.1, 0.15) is 6.42 Å². The van der Waals surface area contributed by atoms with E-state index in [1.54, 1.807) is 0 Å². The summed E-state index contributed by atoms with van der Waals surface area (Å²) in [5.41, 5.74) is 5.39. The van der Waals surface area contributed by atoms with E-state index in [0.717, 1.165) is 6.26 Å². The molecule has 0 saturated carbocycles. The lowest BCUT2D eigenvalue weighted by Crippen LogP contribution is -2.35. The second-order valence-electron chi connectivity index (χ2n) is 2.91. The topological polar surface area (TPSA) is 86.5 Å². The molecule has 0 aromatic rings. The van der Waals surface area contributed by atoms with Crippen LogP contribution in [0.2, 0.25) is 0 Å². The van der Waals surface area contributed by atoms with Crippen LogP contribution in [0, 0.1) is 0 Å². The lowest BCUT2D eigenvalue weighted by atomic mass is 10.2. The van der Waals surface area contributed by atoms with Crippen molar-refractivity contribution >= 4 is 15.6 Å². The third-order valence-corrected chi connectivity index (χ3v) is 2.42. The lowest BCUT2D eigenvalue weighted by Gasteiger charge is -2.07. The van der Waals surface area contributed by atoms with Gasteiger partial charge in [-0.05, 0) is 0 Å². The monoisotopic (exact) mass is 209 g/mol. The number of ketones is 1. The number of hydrogen-bond donors (Lipinski definition) is 1. The molecule has 0 saturated heterocycles. The van der Waals surface area contributed by atoms with Crippen LogP contribution >= 0.6 is 0 Å². The van der Waals surface area contributed by atoms with Crippen LogP contribution in [0.15, 0.2) is 0 Å². The molecule has 0 aliphatic carbocycles. The fourth-order valence-electron chi connectivity index (χ4n) is 0.744. The number of nitrogens with two attached hydrogens (primary N) is 1. The van der Waals surface area contributed by atoms with E-state index >= 15 is 0 Å². The van der Waals surface area contributed by atoms with E-state index in [1.807, 2.05) is 0 Å². The van der Waals surface area contributed by atoms with E-state index in [9.17, 15) is 13.2 Å². The fraction of sp³-hybridized carbons (Fsp3) is 0.857. The molecule has 5 nitrogen and oxygen atoms in total. The van der Waals surface area contributed by atoms with Crippen molar-refractivity contribution in [1.29, 1.82) is 0 Å². The minimum absolute atomic E-state index is 0.0383. The predicted octanol–water partition coefficient (Wildman–Crippen LogP) is -1.04. The molecule has 1 atom stereocenters. The van der Waals surface area contributed by atoms with Crippen LogP contribution in [0.25, 0.3) is 0 Å². The van der Waals surface area contributed by atoms with Gasteiger partial charge in [-0.1, -0.05) is 0 Å². The summed E-state index contributed by atoms with van der Waals surface area (Å²) in [6, 6.07) is -0.716. The molecular formula is C7H15NO4S. The Morgan fingerprint density at radius 1 is 1.54 bits per heavy atom. The van der Waals surface area contributed by atoms with Gasteiger partial charge in [-0.2, -0.15) is 0 Å². The third-order valence-electron chi connectivity index (χ3n) is 1.48. The average molecular weight is 209 g/mol. The summed E-state index contributed by atoms with van der Waals surface area (Å²) in [4.78, 5) is 11.1. The van der Waals surface area contributed by atoms with E-state index in [-0.39, 0.29) is 24.6 Å². The highest BCUT2D eigenvalue weighted by molar-refractivity contribution is 7.90. The van der Waals surface area contributed by atoms with Crippen LogP contribution in [-0.2, 0) is 19.4 Å². The summed E-state index contributed by atoms with van der Waals surface area (Å²) in [6.45, 7) is 0.128. The number of carbonyl (C=O) groups excluding carboxylic acids is 1. The average Bonchev–Trinajstić information content (AvgIpc) is 1.99. The number of rotatable bonds is 6. The molecule has 0 spiro atoms. The zero-order valence-electron chi connectivity index (χ0n) is 7.82. The Hall–Kier alpha value is -0.460. The first-order valence-electron chi connectivity index (χ1n) is 3.82. The van der Waals surface area contributed by atoms with E-state index in [2.05, 4.69) is 4.74 Å². The van der Waals surface area contributed by atoms with Gasteiger partial charge in [-0.15, -0.1) is 0 Å². The Morgan fingerprint density at radius 3 is 2.46 bits per heavy atom. The summed E-state index contributed by atoms with van der Waals surface area (Å²) in [5.74, 6) is -0.434. The molecule has 0 fully saturated rings.